The molecule has 0 spiro atoms. The summed E-state index contributed by atoms with van der Waals surface area (Å²) in [5, 5.41) is 9.64. The monoisotopic (exact) mass is 234 g/mol. The largest absolute Gasteiger partial charge is 0.393 e. The molecule has 0 saturated carbocycles. The SMILES string of the molecule is CC(O)C1CCN(c2ccccc2[C@H](C)N)C1. The van der Waals surface area contributed by atoms with Gasteiger partial charge in [0.2, 0.25) is 0 Å². The number of anilines is 1. The molecule has 2 rings (SSSR count). The molecule has 17 heavy (non-hydrogen) atoms. The van der Waals surface area contributed by atoms with Crippen LogP contribution in [0.2, 0.25) is 0 Å². The van der Waals surface area contributed by atoms with E-state index in [-0.39, 0.29) is 12.1 Å². The Bertz CT molecular complexity index is 376. The fourth-order valence-corrected chi connectivity index (χ4v) is 2.56. The van der Waals surface area contributed by atoms with Crippen LogP contribution in [0.1, 0.15) is 31.9 Å². The Morgan fingerprint density at radius 3 is 2.65 bits per heavy atom. The molecule has 3 atom stereocenters. The molecule has 1 aliphatic heterocycles. The van der Waals surface area contributed by atoms with Gasteiger partial charge in [0.1, 0.15) is 0 Å². The third-order valence-electron chi connectivity index (χ3n) is 3.67. The number of rotatable bonds is 3. The first-order valence-electron chi connectivity index (χ1n) is 6.37. The Balaban J connectivity index is 2.18. The van der Waals surface area contributed by atoms with Crippen molar-refractivity contribution in [2.45, 2.75) is 32.4 Å². The lowest BCUT2D eigenvalue weighted by molar-refractivity contribution is 0.136. The van der Waals surface area contributed by atoms with Crippen LogP contribution in [0.4, 0.5) is 5.69 Å². The predicted octanol–water partition coefficient (Wildman–Crippen LogP) is 1.91. The second-order valence-electron chi connectivity index (χ2n) is 5.08. The van der Waals surface area contributed by atoms with Gasteiger partial charge in [0.15, 0.2) is 0 Å². The van der Waals surface area contributed by atoms with E-state index >= 15 is 0 Å². The summed E-state index contributed by atoms with van der Waals surface area (Å²) in [6.07, 6.45) is 0.841. The minimum Gasteiger partial charge on any atom is -0.393 e. The molecule has 0 bridgehead atoms. The van der Waals surface area contributed by atoms with Crippen LogP contribution < -0.4 is 10.6 Å². The Morgan fingerprint density at radius 1 is 1.35 bits per heavy atom. The Hall–Kier alpha value is -1.06. The first-order valence-corrected chi connectivity index (χ1v) is 6.37. The third kappa shape index (κ3) is 2.61. The fourth-order valence-electron chi connectivity index (χ4n) is 2.56. The van der Waals surface area contributed by atoms with E-state index in [4.69, 9.17) is 5.73 Å². The highest BCUT2D eigenvalue weighted by molar-refractivity contribution is 5.55. The van der Waals surface area contributed by atoms with E-state index in [0.29, 0.717) is 5.92 Å². The molecule has 1 saturated heterocycles. The summed E-state index contributed by atoms with van der Waals surface area (Å²) in [7, 11) is 0. The van der Waals surface area contributed by atoms with E-state index < -0.39 is 0 Å². The van der Waals surface area contributed by atoms with Gasteiger partial charge in [-0.3, -0.25) is 0 Å². The minimum atomic E-state index is -0.220. The average Bonchev–Trinajstić information content (AvgIpc) is 2.78. The molecule has 3 N–H and O–H groups in total. The lowest BCUT2D eigenvalue weighted by Gasteiger charge is -2.24. The van der Waals surface area contributed by atoms with E-state index in [1.165, 1.54) is 11.3 Å². The quantitative estimate of drug-likeness (QED) is 0.840. The fraction of sp³-hybridized carbons (Fsp3) is 0.571. The van der Waals surface area contributed by atoms with Crippen LogP contribution in [-0.4, -0.2) is 24.3 Å². The number of nitrogens with two attached hydrogens (primary N) is 1. The number of hydrogen-bond donors (Lipinski definition) is 2. The summed E-state index contributed by atoms with van der Waals surface area (Å²) in [5.74, 6) is 0.385. The zero-order valence-corrected chi connectivity index (χ0v) is 10.6. The number of benzene rings is 1. The maximum atomic E-state index is 9.64. The summed E-state index contributed by atoms with van der Waals surface area (Å²) in [5.41, 5.74) is 8.42. The molecule has 3 heteroatoms. The standard InChI is InChI=1S/C14H22N2O/c1-10(15)13-5-3-4-6-14(13)16-8-7-12(9-16)11(2)17/h3-6,10-12,17H,7-9,15H2,1-2H3/t10-,11?,12?/m0/s1. The van der Waals surface area contributed by atoms with Gasteiger partial charge in [-0.25, -0.2) is 0 Å². The molecule has 94 valence electrons. The molecule has 1 aromatic carbocycles. The second kappa shape index (κ2) is 5.07. The molecular formula is C14H22N2O. The van der Waals surface area contributed by atoms with Crippen LogP contribution >= 0.6 is 0 Å². The molecule has 1 heterocycles. The van der Waals surface area contributed by atoms with Crippen molar-refractivity contribution in [2.75, 3.05) is 18.0 Å². The van der Waals surface area contributed by atoms with E-state index in [9.17, 15) is 5.11 Å². The molecule has 1 aromatic rings. The molecule has 1 fully saturated rings. The van der Waals surface area contributed by atoms with Crippen LogP contribution in [0.5, 0.6) is 0 Å². The van der Waals surface area contributed by atoms with E-state index in [1.54, 1.807) is 0 Å². The summed E-state index contributed by atoms with van der Waals surface area (Å²) < 4.78 is 0. The van der Waals surface area contributed by atoms with Crippen LogP contribution in [0.15, 0.2) is 24.3 Å². The molecular weight excluding hydrogens is 212 g/mol. The highest BCUT2D eigenvalue weighted by atomic mass is 16.3. The van der Waals surface area contributed by atoms with Gasteiger partial charge in [0, 0.05) is 30.7 Å². The molecule has 3 nitrogen and oxygen atoms in total. The van der Waals surface area contributed by atoms with Crippen molar-refractivity contribution >= 4 is 5.69 Å². The zero-order valence-electron chi connectivity index (χ0n) is 10.6. The van der Waals surface area contributed by atoms with Gasteiger partial charge >= 0.3 is 0 Å². The van der Waals surface area contributed by atoms with E-state index in [1.807, 2.05) is 19.9 Å². The smallest absolute Gasteiger partial charge is 0.0557 e. The van der Waals surface area contributed by atoms with Gasteiger partial charge in [-0.15, -0.1) is 0 Å². The van der Waals surface area contributed by atoms with Crippen molar-refractivity contribution < 1.29 is 5.11 Å². The van der Waals surface area contributed by atoms with Gasteiger partial charge in [-0.2, -0.15) is 0 Å². The van der Waals surface area contributed by atoms with E-state index in [0.717, 1.165) is 19.5 Å². The van der Waals surface area contributed by atoms with Crippen LogP contribution in [0.3, 0.4) is 0 Å². The summed E-state index contributed by atoms with van der Waals surface area (Å²) in [6.45, 7) is 5.84. The normalized spacial score (nSPS) is 23.8. The molecule has 2 unspecified atom stereocenters. The lowest BCUT2D eigenvalue weighted by atomic mass is 10.0. The third-order valence-corrected chi connectivity index (χ3v) is 3.67. The molecule has 1 aliphatic rings. The number of nitrogens with zero attached hydrogens (tertiary/aromatic N) is 1. The van der Waals surface area contributed by atoms with E-state index in [2.05, 4.69) is 23.1 Å². The Morgan fingerprint density at radius 2 is 2.06 bits per heavy atom. The molecule has 0 amide bonds. The van der Waals surface area contributed by atoms with Crippen LogP contribution in [0.25, 0.3) is 0 Å². The molecule has 0 aliphatic carbocycles. The summed E-state index contributed by atoms with van der Waals surface area (Å²) in [4.78, 5) is 2.34. The predicted molar refractivity (Wildman–Crippen MR) is 71.0 cm³/mol. The highest BCUT2D eigenvalue weighted by Crippen LogP contribution is 2.30. The van der Waals surface area contributed by atoms with Crippen LogP contribution in [0, 0.1) is 5.92 Å². The lowest BCUT2D eigenvalue weighted by Crippen LogP contribution is -2.25. The average molecular weight is 234 g/mol. The molecule has 0 radical (unpaired) electrons. The van der Waals surface area contributed by atoms with Gasteiger partial charge in [-0.1, -0.05) is 18.2 Å². The first-order chi connectivity index (χ1) is 8.09. The second-order valence-corrected chi connectivity index (χ2v) is 5.08. The first kappa shape index (κ1) is 12.4. The Kier molecular flexibility index (Phi) is 3.69. The van der Waals surface area contributed by atoms with Crippen molar-refractivity contribution in [3.05, 3.63) is 29.8 Å². The zero-order chi connectivity index (χ0) is 12.4. The summed E-state index contributed by atoms with van der Waals surface area (Å²) in [6, 6.07) is 8.36. The number of aliphatic hydroxyl groups excluding tert-OH is 1. The van der Waals surface area contributed by atoms with Crippen molar-refractivity contribution in [3.63, 3.8) is 0 Å². The number of para-hydroxylation sites is 1. The highest BCUT2D eigenvalue weighted by Gasteiger charge is 2.27. The van der Waals surface area contributed by atoms with Crippen LogP contribution in [-0.2, 0) is 0 Å². The van der Waals surface area contributed by atoms with Crippen molar-refractivity contribution in [1.29, 1.82) is 0 Å². The molecule has 0 aromatic heterocycles. The number of aliphatic hydroxyl groups is 1. The van der Waals surface area contributed by atoms with Crippen molar-refractivity contribution in [1.82, 2.24) is 0 Å². The number of hydrogen-bond acceptors (Lipinski definition) is 3. The van der Waals surface area contributed by atoms with Crippen molar-refractivity contribution in [2.24, 2.45) is 11.7 Å². The van der Waals surface area contributed by atoms with Gasteiger partial charge in [0.05, 0.1) is 6.10 Å². The summed E-state index contributed by atoms with van der Waals surface area (Å²) >= 11 is 0. The Labute approximate surface area is 103 Å². The van der Waals surface area contributed by atoms with Crippen molar-refractivity contribution in [3.8, 4) is 0 Å². The maximum Gasteiger partial charge on any atom is 0.0557 e. The van der Waals surface area contributed by atoms with Gasteiger partial charge in [-0.05, 0) is 31.9 Å². The topological polar surface area (TPSA) is 49.5 Å². The minimum absolute atomic E-state index is 0.0526. The van der Waals surface area contributed by atoms with Gasteiger partial charge in [0.25, 0.3) is 0 Å². The van der Waals surface area contributed by atoms with Gasteiger partial charge < -0.3 is 15.7 Å². The maximum absolute atomic E-state index is 9.64.